The smallest absolute Gasteiger partial charge is 0.375 e. The number of rotatable bonds is 4. The molecule has 2 heterocycles. The molecule has 0 aliphatic carbocycles. The zero-order valence-electron chi connectivity index (χ0n) is 12.7. The van der Waals surface area contributed by atoms with Crippen LogP contribution in [0.5, 0.6) is 11.5 Å². The van der Waals surface area contributed by atoms with Crippen LogP contribution in [0.15, 0.2) is 39.4 Å². The van der Waals surface area contributed by atoms with Crippen LogP contribution in [-0.2, 0) is 9.53 Å². The van der Waals surface area contributed by atoms with E-state index in [9.17, 15) is 9.59 Å². The summed E-state index contributed by atoms with van der Waals surface area (Å²) in [6.45, 7) is 2.43. The summed E-state index contributed by atoms with van der Waals surface area (Å²) in [6, 6.07) is 8.07. The second-order valence-electron chi connectivity index (χ2n) is 5.00. The Morgan fingerprint density at radius 2 is 1.92 bits per heavy atom. The molecule has 1 aromatic heterocycles. The molecule has 0 spiro atoms. The summed E-state index contributed by atoms with van der Waals surface area (Å²) in [6.07, 6.45) is -0.991. The van der Waals surface area contributed by atoms with Crippen molar-refractivity contribution in [2.45, 2.75) is 13.0 Å². The van der Waals surface area contributed by atoms with Crippen LogP contribution in [0.25, 0.3) is 0 Å². The Balaban J connectivity index is 1.60. The van der Waals surface area contributed by atoms with Crippen LogP contribution >= 0.6 is 15.9 Å². The molecule has 24 heavy (non-hydrogen) atoms. The lowest BCUT2D eigenvalue weighted by Gasteiger charge is -2.19. The molecule has 0 unspecified atom stereocenters. The summed E-state index contributed by atoms with van der Waals surface area (Å²) in [5.41, 5.74) is 0.521. The van der Waals surface area contributed by atoms with Crippen molar-refractivity contribution in [3.8, 4) is 11.5 Å². The summed E-state index contributed by atoms with van der Waals surface area (Å²) in [4.78, 5) is 24.0. The third-order valence-corrected chi connectivity index (χ3v) is 3.66. The molecule has 1 atom stereocenters. The zero-order chi connectivity index (χ0) is 17.1. The Hall–Kier alpha value is -2.48. The first-order valence-corrected chi connectivity index (χ1v) is 7.99. The van der Waals surface area contributed by atoms with Gasteiger partial charge in [0.25, 0.3) is 5.91 Å². The van der Waals surface area contributed by atoms with Crippen LogP contribution < -0.4 is 14.8 Å². The van der Waals surface area contributed by atoms with E-state index in [0.717, 1.165) is 0 Å². The Kier molecular flexibility index (Phi) is 4.75. The lowest BCUT2D eigenvalue weighted by Crippen LogP contribution is -2.30. The van der Waals surface area contributed by atoms with Gasteiger partial charge in [-0.1, -0.05) is 0 Å². The predicted octanol–water partition coefficient (Wildman–Crippen LogP) is 3.00. The lowest BCUT2D eigenvalue weighted by atomic mass is 10.2. The quantitative estimate of drug-likeness (QED) is 0.800. The third kappa shape index (κ3) is 3.70. The SMILES string of the molecule is C[C@@H](OC(=O)c1ccc(Br)o1)C(=O)Nc1ccc2c(c1)OCCO2. The molecule has 2 aromatic rings. The van der Waals surface area contributed by atoms with Crippen molar-refractivity contribution < 1.29 is 28.2 Å². The third-order valence-electron chi connectivity index (χ3n) is 3.24. The molecule has 1 aromatic carbocycles. The van der Waals surface area contributed by atoms with Crippen LogP contribution in [0.3, 0.4) is 0 Å². The Morgan fingerprint density at radius 1 is 1.17 bits per heavy atom. The fourth-order valence-corrected chi connectivity index (χ4v) is 2.37. The molecule has 0 fully saturated rings. The molecular formula is C16H14BrNO6. The van der Waals surface area contributed by atoms with Crippen molar-refractivity contribution in [3.63, 3.8) is 0 Å². The first-order valence-electron chi connectivity index (χ1n) is 7.20. The molecule has 1 aliphatic rings. The van der Waals surface area contributed by atoms with E-state index in [1.165, 1.54) is 13.0 Å². The summed E-state index contributed by atoms with van der Waals surface area (Å²) < 4.78 is 21.4. The number of furan rings is 1. The summed E-state index contributed by atoms with van der Waals surface area (Å²) >= 11 is 3.09. The minimum absolute atomic E-state index is 0.0147. The topological polar surface area (TPSA) is 87.0 Å². The van der Waals surface area contributed by atoms with E-state index in [1.807, 2.05) is 0 Å². The van der Waals surface area contributed by atoms with Gasteiger partial charge in [0.05, 0.1) is 0 Å². The van der Waals surface area contributed by atoms with Gasteiger partial charge >= 0.3 is 5.97 Å². The minimum atomic E-state index is -0.991. The number of carbonyl (C=O) groups excluding carboxylic acids is 2. The largest absolute Gasteiger partial charge is 0.486 e. The number of ether oxygens (including phenoxy) is 3. The molecule has 126 valence electrons. The van der Waals surface area contributed by atoms with Gasteiger partial charge in [-0.05, 0) is 47.1 Å². The number of hydrogen-bond acceptors (Lipinski definition) is 6. The summed E-state index contributed by atoms with van der Waals surface area (Å²) in [5.74, 6) is 0.0169. The predicted molar refractivity (Wildman–Crippen MR) is 87.3 cm³/mol. The second-order valence-corrected chi connectivity index (χ2v) is 5.78. The van der Waals surface area contributed by atoms with Crippen molar-refractivity contribution in [2.75, 3.05) is 18.5 Å². The first kappa shape index (κ1) is 16.4. The minimum Gasteiger partial charge on any atom is -0.486 e. The standard InChI is InChI=1S/C16H14BrNO6/c1-9(23-16(20)12-4-5-14(17)24-12)15(19)18-10-2-3-11-13(8-10)22-7-6-21-11/h2-5,8-9H,6-7H2,1H3,(H,18,19)/t9-/m1/s1. The molecule has 1 aliphatic heterocycles. The molecule has 0 bridgehead atoms. The van der Waals surface area contributed by atoms with Gasteiger partial charge in [0.15, 0.2) is 22.3 Å². The van der Waals surface area contributed by atoms with Gasteiger partial charge in [0, 0.05) is 11.8 Å². The second kappa shape index (κ2) is 6.96. The van der Waals surface area contributed by atoms with E-state index in [2.05, 4.69) is 21.2 Å². The molecule has 1 amide bonds. The maximum absolute atomic E-state index is 12.2. The highest BCUT2D eigenvalue weighted by molar-refractivity contribution is 9.10. The number of benzene rings is 1. The van der Waals surface area contributed by atoms with Crippen molar-refractivity contribution in [1.29, 1.82) is 0 Å². The number of halogens is 1. The van der Waals surface area contributed by atoms with E-state index in [4.69, 9.17) is 18.6 Å². The van der Waals surface area contributed by atoms with Crippen LogP contribution in [0.2, 0.25) is 0 Å². The van der Waals surface area contributed by atoms with E-state index < -0.39 is 18.0 Å². The Morgan fingerprint density at radius 3 is 2.62 bits per heavy atom. The van der Waals surface area contributed by atoms with E-state index in [0.29, 0.717) is 35.1 Å². The Labute approximate surface area is 146 Å². The van der Waals surface area contributed by atoms with Crippen LogP contribution in [0.4, 0.5) is 5.69 Å². The zero-order valence-corrected chi connectivity index (χ0v) is 14.3. The van der Waals surface area contributed by atoms with Crippen molar-refractivity contribution in [3.05, 3.63) is 40.8 Å². The number of fused-ring (bicyclic) bond motifs is 1. The highest BCUT2D eigenvalue weighted by Gasteiger charge is 2.22. The van der Waals surface area contributed by atoms with Crippen molar-refractivity contribution in [2.24, 2.45) is 0 Å². The van der Waals surface area contributed by atoms with E-state index in [-0.39, 0.29) is 5.76 Å². The molecule has 0 saturated heterocycles. The van der Waals surface area contributed by atoms with E-state index >= 15 is 0 Å². The highest BCUT2D eigenvalue weighted by atomic mass is 79.9. The summed E-state index contributed by atoms with van der Waals surface area (Å²) in [5, 5.41) is 2.66. The number of nitrogens with one attached hydrogen (secondary N) is 1. The highest BCUT2D eigenvalue weighted by Crippen LogP contribution is 2.32. The molecule has 8 heteroatoms. The number of hydrogen-bond donors (Lipinski definition) is 1. The fraction of sp³-hybridized carbons (Fsp3) is 0.250. The maximum Gasteiger partial charge on any atom is 0.375 e. The van der Waals surface area contributed by atoms with Gasteiger partial charge in [0.2, 0.25) is 5.76 Å². The van der Waals surface area contributed by atoms with Gasteiger partial charge in [-0.3, -0.25) is 4.79 Å². The Bertz CT molecular complexity index is 772. The number of esters is 1. The fourth-order valence-electron chi connectivity index (χ4n) is 2.06. The lowest BCUT2D eigenvalue weighted by molar-refractivity contribution is -0.123. The van der Waals surface area contributed by atoms with Gasteiger partial charge < -0.3 is 23.9 Å². The number of carbonyl (C=O) groups is 2. The van der Waals surface area contributed by atoms with Crippen LogP contribution in [0, 0.1) is 0 Å². The van der Waals surface area contributed by atoms with Crippen molar-refractivity contribution >= 4 is 33.5 Å². The van der Waals surface area contributed by atoms with Gasteiger partial charge in [0.1, 0.15) is 13.2 Å². The van der Waals surface area contributed by atoms with Crippen LogP contribution in [-0.4, -0.2) is 31.2 Å². The summed E-state index contributed by atoms with van der Waals surface area (Å²) in [7, 11) is 0. The molecule has 1 N–H and O–H groups in total. The number of anilines is 1. The van der Waals surface area contributed by atoms with Crippen molar-refractivity contribution in [1.82, 2.24) is 0 Å². The average Bonchev–Trinajstić information content (AvgIpc) is 3.01. The van der Waals surface area contributed by atoms with Gasteiger partial charge in [-0.25, -0.2) is 4.79 Å². The molecule has 0 saturated carbocycles. The monoisotopic (exact) mass is 395 g/mol. The number of amides is 1. The molecule has 3 rings (SSSR count). The molecule has 0 radical (unpaired) electrons. The van der Waals surface area contributed by atoms with Crippen LogP contribution in [0.1, 0.15) is 17.5 Å². The normalized spacial score (nSPS) is 13.9. The van der Waals surface area contributed by atoms with Gasteiger partial charge in [-0.2, -0.15) is 0 Å². The average molecular weight is 396 g/mol. The molecular weight excluding hydrogens is 382 g/mol. The maximum atomic E-state index is 12.2. The van der Waals surface area contributed by atoms with E-state index in [1.54, 1.807) is 24.3 Å². The molecule has 7 nitrogen and oxygen atoms in total. The van der Waals surface area contributed by atoms with Gasteiger partial charge in [-0.15, -0.1) is 0 Å². The first-order chi connectivity index (χ1) is 11.5.